The molecule has 0 radical (unpaired) electrons. The van der Waals surface area contributed by atoms with Crippen LogP contribution in [0.3, 0.4) is 0 Å². The topological polar surface area (TPSA) is 141 Å². The molecule has 0 saturated heterocycles. The van der Waals surface area contributed by atoms with Gasteiger partial charge < -0.3 is 11.2 Å². The maximum atomic E-state index is 12.5. The molecule has 13 heteroatoms. The maximum Gasteiger partial charge on any atom is 0.271 e. The molecule has 0 aliphatic heterocycles. The fourth-order valence-corrected chi connectivity index (χ4v) is 4.62. The first-order valence-electron chi connectivity index (χ1n) is 9.20. The van der Waals surface area contributed by atoms with Gasteiger partial charge in [0.25, 0.3) is 5.95 Å². The van der Waals surface area contributed by atoms with Crippen molar-refractivity contribution < 1.29 is 13.2 Å². The Morgan fingerprint density at radius 1 is 1.19 bits per heavy atom. The second-order valence-corrected chi connectivity index (χ2v) is 10.2. The number of aromatic nitrogens is 5. The third-order valence-electron chi connectivity index (χ3n) is 4.41. The van der Waals surface area contributed by atoms with Crippen LogP contribution in [0.15, 0.2) is 34.3 Å². The lowest BCUT2D eigenvalue weighted by molar-refractivity contribution is -0.113. The van der Waals surface area contributed by atoms with Gasteiger partial charge in [0.05, 0.1) is 16.3 Å². The highest BCUT2D eigenvalue weighted by Gasteiger charge is 2.21. The van der Waals surface area contributed by atoms with E-state index in [1.165, 1.54) is 24.8 Å². The van der Waals surface area contributed by atoms with E-state index in [-0.39, 0.29) is 16.6 Å². The molecule has 0 bridgehead atoms. The summed E-state index contributed by atoms with van der Waals surface area (Å²) in [6, 6.07) is 6.64. The number of sulfonamides is 1. The molecule has 31 heavy (non-hydrogen) atoms. The van der Waals surface area contributed by atoms with Gasteiger partial charge in [-0.25, -0.2) is 22.1 Å². The number of hydrogen-bond acceptors (Lipinski definition) is 8. The van der Waals surface area contributed by atoms with Gasteiger partial charge in [0.1, 0.15) is 0 Å². The van der Waals surface area contributed by atoms with Gasteiger partial charge in [-0.1, -0.05) is 17.8 Å². The number of benzene rings is 1. The molecule has 0 fully saturated rings. The summed E-state index contributed by atoms with van der Waals surface area (Å²) in [5.41, 5.74) is 2.65. The molecule has 0 unspecified atom stereocenters. The van der Waals surface area contributed by atoms with Crippen molar-refractivity contribution in [2.75, 3.05) is 31.0 Å². The molecule has 3 aromatic rings. The average molecular weight is 465 g/mol. The fraction of sp³-hybridized carbons (Fsp3) is 0.333. The van der Waals surface area contributed by atoms with E-state index in [4.69, 9.17) is 5.84 Å². The second-order valence-electron chi connectivity index (χ2n) is 7.10. The minimum atomic E-state index is -3.62. The van der Waals surface area contributed by atoms with Crippen LogP contribution in [0.25, 0.3) is 5.95 Å². The van der Waals surface area contributed by atoms with E-state index < -0.39 is 10.0 Å². The van der Waals surface area contributed by atoms with Crippen molar-refractivity contribution >= 4 is 33.4 Å². The Labute approximate surface area is 184 Å². The minimum absolute atomic E-state index is 0.0100. The van der Waals surface area contributed by atoms with Crippen molar-refractivity contribution in [3.05, 3.63) is 41.2 Å². The molecule has 11 nitrogen and oxygen atoms in total. The first-order chi connectivity index (χ1) is 14.5. The molecule has 0 spiro atoms. The largest absolute Gasteiger partial charge is 0.334 e. The number of anilines is 1. The number of thioether (sulfide) groups is 1. The first kappa shape index (κ1) is 22.8. The summed E-state index contributed by atoms with van der Waals surface area (Å²) in [7, 11) is -0.705. The van der Waals surface area contributed by atoms with E-state index in [1.807, 2.05) is 19.9 Å². The minimum Gasteiger partial charge on any atom is -0.334 e. The van der Waals surface area contributed by atoms with Crippen molar-refractivity contribution in [2.24, 2.45) is 0 Å². The van der Waals surface area contributed by atoms with E-state index in [0.717, 1.165) is 27.5 Å². The molecule has 166 valence electrons. The third kappa shape index (κ3) is 4.73. The van der Waals surface area contributed by atoms with Gasteiger partial charge in [-0.15, -0.1) is 10.2 Å². The predicted octanol–water partition coefficient (Wildman–Crippen LogP) is 1.08. The lowest BCUT2D eigenvalue weighted by Gasteiger charge is -2.15. The first-order valence-corrected chi connectivity index (χ1v) is 11.6. The van der Waals surface area contributed by atoms with Crippen molar-refractivity contribution in [2.45, 2.75) is 30.8 Å². The average Bonchev–Trinajstić information content (AvgIpc) is 3.22. The zero-order valence-electron chi connectivity index (χ0n) is 17.8. The van der Waals surface area contributed by atoms with Crippen LogP contribution in [0, 0.1) is 20.8 Å². The van der Waals surface area contributed by atoms with Gasteiger partial charge in [0.15, 0.2) is 0 Å². The Bertz CT molecular complexity index is 1230. The lowest BCUT2D eigenvalue weighted by Crippen LogP contribution is -2.23. The van der Waals surface area contributed by atoms with Crippen molar-refractivity contribution in [3.8, 4) is 5.95 Å². The highest BCUT2D eigenvalue weighted by atomic mass is 32.2. The van der Waals surface area contributed by atoms with Gasteiger partial charge in [0, 0.05) is 25.5 Å². The summed E-state index contributed by atoms with van der Waals surface area (Å²) in [4.78, 5) is 12.5. The second kappa shape index (κ2) is 8.69. The summed E-state index contributed by atoms with van der Waals surface area (Å²) in [5, 5.41) is 15.4. The molecule has 2 heterocycles. The molecular weight excluding hydrogens is 440 g/mol. The number of nitrogens with two attached hydrogens (primary N) is 1. The van der Waals surface area contributed by atoms with Crippen LogP contribution in [0.4, 0.5) is 5.69 Å². The zero-order valence-corrected chi connectivity index (χ0v) is 19.5. The molecule has 0 aliphatic carbocycles. The van der Waals surface area contributed by atoms with E-state index in [2.05, 4.69) is 20.6 Å². The number of carbonyl (C=O) groups excluding carboxylic acids is 1. The van der Waals surface area contributed by atoms with Crippen LogP contribution in [0.2, 0.25) is 0 Å². The zero-order chi connectivity index (χ0) is 22.9. The number of amides is 1. The number of nitrogens with one attached hydrogen (secondary N) is 1. The number of aryl methyl sites for hydroxylation is 3. The Kier molecular flexibility index (Phi) is 6.38. The van der Waals surface area contributed by atoms with E-state index >= 15 is 0 Å². The Morgan fingerprint density at radius 3 is 2.52 bits per heavy atom. The number of carbonyl (C=O) groups is 1. The number of rotatable bonds is 7. The van der Waals surface area contributed by atoms with E-state index in [9.17, 15) is 13.2 Å². The molecule has 0 aliphatic rings. The summed E-state index contributed by atoms with van der Waals surface area (Å²) in [5.74, 6) is 6.08. The summed E-state index contributed by atoms with van der Waals surface area (Å²) >= 11 is 1.11. The Morgan fingerprint density at radius 2 is 1.90 bits per heavy atom. The van der Waals surface area contributed by atoms with E-state index in [1.54, 1.807) is 23.7 Å². The summed E-state index contributed by atoms with van der Waals surface area (Å²) < 4.78 is 28.9. The smallest absolute Gasteiger partial charge is 0.271 e. The van der Waals surface area contributed by atoms with Crippen molar-refractivity contribution in [3.63, 3.8) is 0 Å². The van der Waals surface area contributed by atoms with Crippen LogP contribution in [-0.4, -0.2) is 63.1 Å². The standard InChI is InChI=1S/C18H24N8O3S2/c1-11-6-7-14(9-15(11)31(28,29)24(4)5)20-16(27)10-30-18-22-21-17(25(18)19)26-13(3)8-12(2)23-26/h6-9H,10,19H2,1-5H3,(H,20,27). The number of hydrogen-bond donors (Lipinski definition) is 2. The van der Waals surface area contributed by atoms with Gasteiger partial charge in [-0.2, -0.15) is 5.10 Å². The van der Waals surface area contributed by atoms with Crippen molar-refractivity contribution in [1.82, 2.24) is 29.0 Å². The highest BCUT2D eigenvalue weighted by Crippen LogP contribution is 2.23. The van der Waals surface area contributed by atoms with Crippen LogP contribution in [0.5, 0.6) is 0 Å². The SMILES string of the molecule is Cc1cc(C)n(-c2nnc(SCC(=O)Nc3ccc(C)c(S(=O)(=O)N(C)C)c3)n2N)n1. The third-order valence-corrected chi connectivity index (χ3v) is 7.31. The fourth-order valence-electron chi connectivity index (χ4n) is 2.82. The van der Waals surface area contributed by atoms with Crippen LogP contribution < -0.4 is 11.2 Å². The summed E-state index contributed by atoms with van der Waals surface area (Å²) in [6.45, 7) is 5.44. The highest BCUT2D eigenvalue weighted by molar-refractivity contribution is 7.99. The van der Waals surface area contributed by atoms with Crippen LogP contribution >= 0.6 is 11.8 Å². The van der Waals surface area contributed by atoms with Gasteiger partial charge >= 0.3 is 0 Å². The molecular formula is C18H24N8O3S2. The monoisotopic (exact) mass is 464 g/mol. The van der Waals surface area contributed by atoms with Gasteiger partial charge in [-0.3, -0.25) is 4.79 Å². The molecule has 2 aromatic heterocycles. The Hall–Kier alpha value is -2.90. The molecule has 0 saturated carbocycles. The van der Waals surface area contributed by atoms with Gasteiger partial charge in [-0.05, 0) is 44.5 Å². The quantitative estimate of drug-likeness (QED) is 0.391. The number of nitrogens with zero attached hydrogens (tertiary/aromatic N) is 6. The normalized spacial score (nSPS) is 11.8. The molecule has 0 atom stereocenters. The van der Waals surface area contributed by atoms with Crippen LogP contribution in [-0.2, 0) is 14.8 Å². The molecule has 3 N–H and O–H groups in total. The number of nitrogen functional groups attached to an aromatic ring is 1. The predicted molar refractivity (Wildman–Crippen MR) is 118 cm³/mol. The van der Waals surface area contributed by atoms with Crippen molar-refractivity contribution in [1.29, 1.82) is 0 Å². The van der Waals surface area contributed by atoms with E-state index in [0.29, 0.717) is 22.4 Å². The Balaban J connectivity index is 1.70. The molecule has 1 aromatic carbocycles. The maximum absolute atomic E-state index is 12.5. The summed E-state index contributed by atoms with van der Waals surface area (Å²) in [6.07, 6.45) is 0. The molecule has 3 rings (SSSR count). The molecule has 1 amide bonds. The van der Waals surface area contributed by atoms with Gasteiger partial charge in [0.2, 0.25) is 21.1 Å². The lowest BCUT2D eigenvalue weighted by atomic mass is 10.2. The van der Waals surface area contributed by atoms with Crippen LogP contribution in [0.1, 0.15) is 17.0 Å².